The van der Waals surface area contributed by atoms with Gasteiger partial charge in [0.25, 0.3) is 0 Å². The number of amides is 2. The van der Waals surface area contributed by atoms with Crippen molar-refractivity contribution in [1.82, 2.24) is 5.32 Å². The number of benzene rings is 1. The van der Waals surface area contributed by atoms with Gasteiger partial charge in [-0.2, -0.15) is 0 Å². The maximum atomic E-state index is 12.2. The van der Waals surface area contributed by atoms with Crippen molar-refractivity contribution in [2.45, 2.75) is 37.5 Å². The Bertz CT molecular complexity index is 704. The number of hydrogen-bond donors (Lipinski definition) is 2. The van der Waals surface area contributed by atoms with Crippen LogP contribution in [0.5, 0.6) is 0 Å². The summed E-state index contributed by atoms with van der Waals surface area (Å²) in [7, 11) is 0. The molecule has 2 heterocycles. The van der Waals surface area contributed by atoms with Crippen LogP contribution in [-0.2, 0) is 14.3 Å². The van der Waals surface area contributed by atoms with Crippen molar-refractivity contribution in [3.8, 4) is 0 Å². The number of thioether (sulfide) groups is 1. The fourth-order valence-corrected chi connectivity index (χ4v) is 3.80. The highest BCUT2D eigenvalue weighted by Crippen LogP contribution is 2.25. The first-order chi connectivity index (χ1) is 12.0. The SMILES string of the molecule is Cc1ccc(NC(=O)C[C@H]2SC(=NC[C@H]3CCCO3)NC2=O)cc1Cl. The van der Waals surface area contributed by atoms with Crippen LogP contribution >= 0.6 is 23.4 Å². The first kappa shape index (κ1) is 18.2. The lowest BCUT2D eigenvalue weighted by Gasteiger charge is -2.08. The first-order valence-corrected chi connectivity index (χ1v) is 9.46. The Kier molecular flexibility index (Phi) is 5.98. The van der Waals surface area contributed by atoms with Crippen LogP contribution in [0.25, 0.3) is 0 Å². The molecule has 2 aliphatic heterocycles. The molecule has 0 unspecified atom stereocenters. The van der Waals surface area contributed by atoms with Crippen LogP contribution in [0.3, 0.4) is 0 Å². The van der Waals surface area contributed by atoms with Crippen LogP contribution in [0.2, 0.25) is 5.02 Å². The van der Waals surface area contributed by atoms with Gasteiger partial charge in [0.15, 0.2) is 5.17 Å². The van der Waals surface area contributed by atoms with Crippen LogP contribution in [0.1, 0.15) is 24.8 Å². The molecule has 2 fully saturated rings. The van der Waals surface area contributed by atoms with Gasteiger partial charge in [0.2, 0.25) is 11.8 Å². The van der Waals surface area contributed by atoms with Crippen molar-refractivity contribution < 1.29 is 14.3 Å². The second-order valence-corrected chi connectivity index (χ2v) is 7.69. The number of halogens is 1. The van der Waals surface area contributed by atoms with Crippen molar-refractivity contribution in [3.63, 3.8) is 0 Å². The van der Waals surface area contributed by atoms with E-state index in [1.165, 1.54) is 11.8 Å². The second kappa shape index (κ2) is 8.21. The van der Waals surface area contributed by atoms with Crippen molar-refractivity contribution in [2.24, 2.45) is 4.99 Å². The van der Waals surface area contributed by atoms with Gasteiger partial charge in [-0.15, -0.1) is 0 Å². The number of aliphatic imine (C=N–C) groups is 1. The highest BCUT2D eigenvalue weighted by molar-refractivity contribution is 8.15. The Balaban J connectivity index is 1.51. The summed E-state index contributed by atoms with van der Waals surface area (Å²) in [6, 6.07) is 5.32. The fourth-order valence-electron chi connectivity index (χ4n) is 2.64. The standard InChI is InChI=1S/C17H20ClN3O3S/c1-10-4-5-11(7-13(10)18)20-15(22)8-14-16(23)21-17(25-14)19-9-12-3-2-6-24-12/h4-5,7,12,14H,2-3,6,8-9H2,1H3,(H,20,22)(H,19,21,23)/t12-,14-/m1/s1. The van der Waals surface area contributed by atoms with E-state index in [0.29, 0.717) is 22.4 Å². The number of rotatable bonds is 5. The lowest BCUT2D eigenvalue weighted by Crippen LogP contribution is -2.28. The van der Waals surface area contributed by atoms with E-state index in [4.69, 9.17) is 16.3 Å². The van der Waals surface area contributed by atoms with Crippen molar-refractivity contribution in [1.29, 1.82) is 0 Å². The van der Waals surface area contributed by atoms with Gasteiger partial charge in [-0.3, -0.25) is 14.6 Å². The zero-order valence-electron chi connectivity index (χ0n) is 13.9. The minimum Gasteiger partial charge on any atom is -0.376 e. The molecule has 2 N–H and O–H groups in total. The average molecular weight is 382 g/mol. The largest absolute Gasteiger partial charge is 0.376 e. The Morgan fingerprint density at radius 2 is 2.36 bits per heavy atom. The van der Waals surface area contributed by atoms with Crippen molar-refractivity contribution in [3.05, 3.63) is 28.8 Å². The van der Waals surface area contributed by atoms with Crippen LogP contribution in [-0.4, -0.2) is 41.5 Å². The molecule has 0 radical (unpaired) electrons. The van der Waals surface area contributed by atoms with E-state index in [1.807, 2.05) is 13.0 Å². The molecule has 0 saturated carbocycles. The van der Waals surface area contributed by atoms with Gasteiger partial charge in [-0.1, -0.05) is 29.4 Å². The average Bonchev–Trinajstić information content (AvgIpc) is 3.19. The molecular formula is C17H20ClN3O3S. The van der Waals surface area contributed by atoms with Crippen LogP contribution in [0.4, 0.5) is 5.69 Å². The molecule has 2 amide bonds. The number of aryl methyl sites for hydroxylation is 1. The molecule has 3 rings (SSSR count). The molecule has 134 valence electrons. The van der Waals surface area contributed by atoms with Gasteiger partial charge in [-0.25, -0.2) is 0 Å². The summed E-state index contributed by atoms with van der Waals surface area (Å²) in [5, 5.41) is 6.19. The predicted molar refractivity (Wildman–Crippen MR) is 100 cm³/mol. The number of anilines is 1. The minimum absolute atomic E-state index is 0.0843. The van der Waals surface area contributed by atoms with E-state index in [9.17, 15) is 9.59 Å². The molecule has 8 heteroatoms. The van der Waals surface area contributed by atoms with Gasteiger partial charge in [0.05, 0.1) is 12.6 Å². The second-order valence-electron chi connectivity index (χ2n) is 6.09. The third kappa shape index (κ3) is 4.96. The van der Waals surface area contributed by atoms with Gasteiger partial charge in [-0.05, 0) is 37.5 Å². The molecule has 25 heavy (non-hydrogen) atoms. The summed E-state index contributed by atoms with van der Waals surface area (Å²) in [6.45, 7) is 3.22. The lowest BCUT2D eigenvalue weighted by molar-refractivity contribution is -0.122. The normalized spacial score (nSPS) is 24.6. The van der Waals surface area contributed by atoms with Crippen LogP contribution < -0.4 is 10.6 Å². The van der Waals surface area contributed by atoms with E-state index in [2.05, 4.69) is 15.6 Å². The number of carbonyl (C=O) groups excluding carboxylic acids is 2. The number of amidine groups is 1. The Labute approximate surface area is 155 Å². The maximum Gasteiger partial charge on any atom is 0.240 e. The number of ether oxygens (including phenoxy) is 1. The first-order valence-electron chi connectivity index (χ1n) is 8.21. The van der Waals surface area contributed by atoms with E-state index in [1.54, 1.807) is 12.1 Å². The van der Waals surface area contributed by atoms with Gasteiger partial charge < -0.3 is 15.4 Å². The molecule has 1 aromatic rings. The van der Waals surface area contributed by atoms with E-state index in [-0.39, 0.29) is 24.3 Å². The molecule has 2 aliphatic rings. The minimum atomic E-state index is -0.468. The summed E-state index contributed by atoms with van der Waals surface area (Å²) in [6.07, 6.45) is 2.28. The zero-order valence-corrected chi connectivity index (χ0v) is 15.5. The number of carbonyl (C=O) groups is 2. The smallest absolute Gasteiger partial charge is 0.240 e. The van der Waals surface area contributed by atoms with Gasteiger partial charge >= 0.3 is 0 Å². The third-order valence-electron chi connectivity index (χ3n) is 4.07. The molecule has 2 saturated heterocycles. The lowest BCUT2D eigenvalue weighted by atomic mass is 10.2. The molecule has 0 spiro atoms. The van der Waals surface area contributed by atoms with Crippen LogP contribution in [0, 0.1) is 6.92 Å². The summed E-state index contributed by atoms with van der Waals surface area (Å²) in [5.74, 6) is -0.416. The Morgan fingerprint density at radius 1 is 1.52 bits per heavy atom. The van der Waals surface area contributed by atoms with Gasteiger partial charge in [0.1, 0.15) is 5.25 Å². The zero-order chi connectivity index (χ0) is 17.8. The highest BCUT2D eigenvalue weighted by Gasteiger charge is 2.32. The highest BCUT2D eigenvalue weighted by atomic mass is 35.5. The molecule has 0 bridgehead atoms. The summed E-state index contributed by atoms with van der Waals surface area (Å²) < 4.78 is 5.51. The summed E-state index contributed by atoms with van der Waals surface area (Å²) in [4.78, 5) is 28.6. The van der Waals surface area contributed by atoms with Crippen molar-refractivity contribution in [2.75, 3.05) is 18.5 Å². The van der Waals surface area contributed by atoms with E-state index < -0.39 is 5.25 Å². The Morgan fingerprint density at radius 3 is 3.08 bits per heavy atom. The van der Waals surface area contributed by atoms with E-state index >= 15 is 0 Å². The quantitative estimate of drug-likeness (QED) is 0.821. The monoisotopic (exact) mass is 381 g/mol. The molecule has 6 nitrogen and oxygen atoms in total. The topological polar surface area (TPSA) is 79.8 Å². The number of nitrogens with zero attached hydrogens (tertiary/aromatic N) is 1. The molecule has 2 atom stereocenters. The summed E-state index contributed by atoms with van der Waals surface area (Å²) in [5.41, 5.74) is 1.56. The van der Waals surface area contributed by atoms with Gasteiger partial charge in [0, 0.05) is 23.7 Å². The molecular weight excluding hydrogens is 362 g/mol. The Hall–Kier alpha value is -1.57. The maximum absolute atomic E-state index is 12.2. The van der Waals surface area contributed by atoms with Crippen LogP contribution in [0.15, 0.2) is 23.2 Å². The molecule has 0 aromatic heterocycles. The number of nitrogens with one attached hydrogen (secondary N) is 2. The van der Waals surface area contributed by atoms with E-state index in [0.717, 1.165) is 25.0 Å². The fraction of sp³-hybridized carbons (Fsp3) is 0.471. The summed E-state index contributed by atoms with van der Waals surface area (Å²) >= 11 is 7.35. The predicted octanol–water partition coefficient (Wildman–Crippen LogP) is 2.74. The van der Waals surface area contributed by atoms with Crippen molar-refractivity contribution >= 4 is 46.0 Å². The molecule has 1 aromatic carbocycles. The molecule has 0 aliphatic carbocycles. The number of hydrogen-bond acceptors (Lipinski definition) is 5. The third-order valence-corrected chi connectivity index (χ3v) is 5.59.